The Bertz CT molecular complexity index is 97.5. The average molecular weight is 159 g/mol. The van der Waals surface area contributed by atoms with Crippen LogP contribution in [0.2, 0.25) is 0 Å². The average Bonchev–Trinajstić information content (AvgIpc) is 2.04. The molecule has 0 unspecified atom stereocenters. The Hall–Kier alpha value is -0.120. The molecule has 0 atom stereocenters. The summed E-state index contributed by atoms with van der Waals surface area (Å²) in [5.74, 6) is 0. The van der Waals surface area contributed by atoms with E-state index < -0.39 is 0 Å². The lowest BCUT2D eigenvalue weighted by atomic mass is 9.94. The predicted octanol–water partition coefficient (Wildman–Crippen LogP) is 0.877. The molecule has 1 aliphatic rings. The van der Waals surface area contributed by atoms with Gasteiger partial charge in [0.1, 0.15) is 6.79 Å². The topological polar surface area (TPSA) is 44.5 Å². The summed E-state index contributed by atoms with van der Waals surface area (Å²) >= 11 is 0. The molecule has 0 aromatic carbocycles. The smallest absolute Gasteiger partial charge is 0.146 e. The zero-order valence-corrected chi connectivity index (χ0v) is 7.08. The molecule has 0 spiro atoms. The van der Waals surface area contributed by atoms with Gasteiger partial charge in [-0.25, -0.2) is 0 Å². The minimum Gasteiger partial charge on any atom is -0.359 e. The first-order valence-electron chi connectivity index (χ1n) is 4.19. The van der Waals surface area contributed by atoms with Crippen molar-refractivity contribution in [1.82, 2.24) is 0 Å². The Balaban J connectivity index is 2.07. The molecule has 0 saturated heterocycles. The Labute approximate surface area is 67.9 Å². The molecule has 0 aromatic rings. The lowest BCUT2D eigenvalue weighted by Crippen LogP contribution is -2.30. The quantitative estimate of drug-likeness (QED) is 0.622. The van der Waals surface area contributed by atoms with Gasteiger partial charge in [0.25, 0.3) is 0 Å². The van der Waals surface area contributed by atoms with Crippen molar-refractivity contribution in [3.05, 3.63) is 0 Å². The van der Waals surface area contributed by atoms with Crippen LogP contribution in [0, 0.1) is 0 Å². The minimum atomic E-state index is 0.384. The van der Waals surface area contributed by atoms with Crippen molar-refractivity contribution in [3.63, 3.8) is 0 Å². The number of ether oxygens (including phenoxy) is 2. The summed E-state index contributed by atoms with van der Waals surface area (Å²) in [6.45, 7) is 0.417. The van der Waals surface area contributed by atoms with E-state index in [2.05, 4.69) is 0 Å². The molecule has 0 bridgehead atoms. The maximum absolute atomic E-state index is 5.74. The maximum atomic E-state index is 5.74. The van der Waals surface area contributed by atoms with Crippen molar-refractivity contribution >= 4 is 0 Å². The number of hydrogen-bond donors (Lipinski definition) is 1. The van der Waals surface area contributed by atoms with Crippen molar-refractivity contribution < 1.29 is 9.47 Å². The lowest BCUT2D eigenvalue weighted by molar-refractivity contribution is -0.0830. The third-order valence-electron chi connectivity index (χ3n) is 2.14. The van der Waals surface area contributed by atoms with Gasteiger partial charge in [-0.3, -0.25) is 0 Å². The van der Waals surface area contributed by atoms with E-state index in [1.807, 2.05) is 0 Å². The van der Waals surface area contributed by atoms with Crippen LogP contribution in [0.15, 0.2) is 0 Å². The van der Waals surface area contributed by atoms with Crippen molar-refractivity contribution in [1.29, 1.82) is 0 Å². The predicted molar refractivity (Wildman–Crippen MR) is 43.2 cm³/mol. The number of methoxy groups -OCH3 is 1. The summed E-state index contributed by atoms with van der Waals surface area (Å²) in [6, 6.07) is 0.400. The molecule has 3 heteroatoms. The molecule has 1 aliphatic carbocycles. The second kappa shape index (κ2) is 4.70. The van der Waals surface area contributed by atoms with E-state index >= 15 is 0 Å². The Kier molecular flexibility index (Phi) is 3.83. The molecule has 1 fully saturated rings. The first kappa shape index (κ1) is 8.97. The Morgan fingerprint density at radius 1 is 1.27 bits per heavy atom. The van der Waals surface area contributed by atoms with Gasteiger partial charge in [0.15, 0.2) is 0 Å². The van der Waals surface area contributed by atoms with E-state index in [9.17, 15) is 0 Å². The summed E-state index contributed by atoms with van der Waals surface area (Å²) in [4.78, 5) is 0. The highest BCUT2D eigenvalue weighted by Crippen LogP contribution is 2.19. The third-order valence-corrected chi connectivity index (χ3v) is 2.14. The second-order valence-electron chi connectivity index (χ2n) is 3.11. The molecular weight excluding hydrogens is 142 g/mol. The van der Waals surface area contributed by atoms with Gasteiger partial charge in [-0.1, -0.05) is 0 Å². The largest absolute Gasteiger partial charge is 0.359 e. The molecule has 0 aliphatic heterocycles. The van der Waals surface area contributed by atoms with E-state index in [1.54, 1.807) is 7.11 Å². The molecule has 0 amide bonds. The molecule has 0 heterocycles. The molecule has 2 N–H and O–H groups in total. The van der Waals surface area contributed by atoms with Crippen molar-refractivity contribution in [2.24, 2.45) is 5.73 Å². The van der Waals surface area contributed by atoms with E-state index in [0.717, 1.165) is 25.7 Å². The van der Waals surface area contributed by atoms with Crippen molar-refractivity contribution in [2.75, 3.05) is 13.9 Å². The van der Waals surface area contributed by atoms with Gasteiger partial charge in [-0.2, -0.15) is 0 Å². The molecule has 11 heavy (non-hydrogen) atoms. The molecule has 66 valence electrons. The van der Waals surface area contributed by atoms with Crippen LogP contribution in [-0.4, -0.2) is 26.0 Å². The van der Waals surface area contributed by atoms with E-state index in [4.69, 9.17) is 15.2 Å². The van der Waals surface area contributed by atoms with Crippen LogP contribution in [0.4, 0.5) is 0 Å². The first-order valence-corrected chi connectivity index (χ1v) is 4.19. The van der Waals surface area contributed by atoms with Crippen molar-refractivity contribution in [3.8, 4) is 0 Å². The van der Waals surface area contributed by atoms with Gasteiger partial charge in [0.05, 0.1) is 6.10 Å². The molecule has 0 aromatic heterocycles. The summed E-state index contributed by atoms with van der Waals surface area (Å²) in [7, 11) is 1.65. The first-order chi connectivity index (χ1) is 5.33. The summed E-state index contributed by atoms with van der Waals surface area (Å²) in [5.41, 5.74) is 5.74. The highest BCUT2D eigenvalue weighted by Gasteiger charge is 2.18. The second-order valence-corrected chi connectivity index (χ2v) is 3.11. The summed E-state index contributed by atoms with van der Waals surface area (Å²) in [5, 5.41) is 0. The number of nitrogens with two attached hydrogens (primary N) is 1. The molecule has 1 saturated carbocycles. The van der Waals surface area contributed by atoms with Crippen LogP contribution < -0.4 is 5.73 Å². The van der Waals surface area contributed by atoms with E-state index in [0.29, 0.717) is 18.9 Å². The maximum Gasteiger partial charge on any atom is 0.146 e. The molecular formula is C8H17NO2. The van der Waals surface area contributed by atoms with Gasteiger partial charge in [0, 0.05) is 13.2 Å². The molecule has 3 nitrogen and oxygen atoms in total. The third kappa shape index (κ3) is 3.18. The normalized spacial score (nSPS) is 32.2. The van der Waals surface area contributed by atoms with Crippen molar-refractivity contribution in [2.45, 2.75) is 37.8 Å². The van der Waals surface area contributed by atoms with E-state index in [1.165, 1.54) is 0 Å². The summed E-state index contributed by atoms with van der Waals surface area (Å²) < 4.78 is 10.2. The Morgan fingerprint density at radius 3 is 2.45 bits per heavy atom. The summed E-state index contributed by atoms with van der Waals surface area (Å²) in [6.07, 6.45) is 4.74. The van der Waals surface area contributed by atoms with Crippen LogP contribution in [0.3, 0.4) is 0 Å². The zero-order chi connectivity index (χ0) is 8.10. The highest BCUT2D eigenvalue weighted by molar-refractivity contribution is 4.73. The standard InChI is InChI=1S/C8H17NO2/c1-10-6-11-8-4-2-7(9)3-5-8/h7-8H,2-6,9H2,1H3. The van der Waals surface area contributed by atoms with Gasteiger partial charge in [-0.15, -0.1) is 0 Å². The van der Waals surface area contributed by atoms with E-state index in [-0.39, 0.29) is 0 Å². The number of hydrogen-bond acceptors (Lipinski definition) is 3. The van der Waals surface area contributed by atoms with Crippen LogP contribution in [0.25, 0.3) is 0 Å². The van der Waals surface area contributed by atoms with Crippen LogP contribution in [-0.2, 0) is 9.47 Å². The SMILES string of the molecule is COCOC1CCC(N)CC1. The van der Waals surface area contributed by atoms with Gasteiger partial charge in [-0.05, 0) is 25.7 Å². The molecule has 1 rings (SSSR count). The monoisotopic (exact) mass is 159 g/mol. The number of rotatable bonds is 3. The molecule has 0 radical (unpaired) electrons. The fourth-order valence-corrected chi connectivity index (χ4v) is 1.42. The minimum absolute atomic E-state index is 0.384. The van der Waals surface area contributed by atoms with Crippen LogP contribution >= 0.6 is 0 Å². The van der Waals surface area contributed by atoms with Gasteiger partial charge in [0.2, 0.25) is 0 Å². The van der Waals surface area contributed by atoms with Gasteiger partial charge < -0.3 is 15.2 Å². The zero-order valence-electron chi connectivity index (χ0n) is 7.08. The lowest BCUT2D eigenvalue weighted by Gasteiger charge is -2.25. The van der Waals surface area contributed by atoms with Gasteiger partial charge >= 0.3 is 0 Å². The van der Waals surface area contributed by atoms with Crippen LogP contribution in [0.5, 0.6) is 0 Å². The highest BCUT2D eigenvalue weighted by atomic mass is 16.7. The fraction of sp³-hybridized carbons (Fsp3) is 1.00. The Morgan fingerprint density at radius 2 is 1.91 bits per heavy atom. The fourth-order valence-electron chi connectivity index (χ4n) is 1.42. The van der Waals surface area contributed by atoms with Crippen LogP contribution in [0.1, 0.15) is 25.7 Å².